The molecule has 0 unspecified atom stereocenters. The highest BCUT2D eigenvalue weighted by Crippen LogP contribution is 2.29. The molecule has 3 nitrogen and oxygen atoms in total. The monoisotopic (exact) mass is 261 g/mol. The SMILES string of the molecule is Cc1ccc(SCc2cncn2C(C)C)c(N)c1. The summed E-state index contributed by atoms with van der Waals surface area (Å²) in [6.07, 6.45) is 3.82. The highest BCUT2D eigenvalue weighted by Gasteiger charge is 2.07. The first-order valence-electron chi connectivity index (χ1n) is 6.07. The van der Waals surface area contributed by atoms with E-state index in [1.54, 1.807) is 11.8 Å². The lowest BCUT2D eigenvalue weighted by Gasteiger charge is -2.12. The van der Waals surface area contributed by atoms with Crippen molar-refractivity contribution in [2.75, 3.05) is 5.73 Å². The molecule has 1 aromatic heterocycles. The Hall–Kier alpha value is -1.42. The number of nitrogens with zero attached hydrogens (tertiary/aromatic N) is 2. The average Bonchev–Trinajstić information content (AvgIpc) is 2.76. The summed E-state index contributed by atoms with van der Waals surface area (Å²) in [6, 6.07) is 6.64. The molecule has 2 rings (SSSR count). The van der Waals surface area contributed by atoms with Gasteiger partial charge in [0.1, 0.15) is 0 Å². The number of hydrogen-bond acceptors (Lipinski definition) is 3. The second-order valence-corrected chi connectivity index (χ2v) is 5.73. The summed E-state index contributed by atoms with van der Waals surface area (Å²) in [5.74, 6) is 0.894. The first-order chi connectivity index (χ1) is 8.58. The standard InChI is InChI=1S/C14H19N3S/c1-10(2)17-9-16-7-12(17)8-18-14-5-4-11(3)6-13(14)15/h4-7,9-10H,8,15H2,1-3H3. The molecule has 0 radical (unpaired) electrons. The van der Waals surface area contributed by atoms with Crippen molar-refractivity contribution >= 4 is 17.4 Å². The minimum atomic E-state index is 0.443. The maximum Gasteiger partial charge on any atom is 0.0950 e. The lowest BCUT2D eigenvalue weighted by molar-refractivity contribution is 0.584. The number of hydrogen-bond donors (Lipinski definition) is 1. The number of nitrogens with two attached hydrogens (primary N) is 1. The van der Waals surface area contributed by atoms with Gasteiger partial charge in [0.15, 0.2) is 0 Å². The molecule has 1 heterocycles. The van der Waals surface area contributed by atoms with Gasteiger partial charge in [0, 0.05) is 34.3 Å². The minimum Gasteiger partial charge on any atom is -0.398 e. The van der Waals surface area contributed by atoms with Gasteiger partial charge < -0.3 is 10.3 Å². The second kappa shape index (κ2) is 5.48. The smallest absolute Gasteiger partial charge is 0.0950 e. The number of imidazole rings is 1. The lowest BCUT2D eigenvalue weighted by Crippen LogP contribution is -2.03. The van der Waals surface area contributed by atoms with E-state index < -0.39 is 0 Å². The van der Waals surface area contributed by atoms with Gasteiger partial charge in [-0.05, 0) is 38.5 Å². The Morgan fingerprint density at radius 1 is 1.39 bits per heavy atom. The third-order valence-electron chi connectivity index (χ3n) is 2.84. The Morgan fingerprint density at radius 3 is 2.83 bits per heavy atom. The number of nitrogen functional groups attached to an aromatic ring is 1. The molecule has 0 aliphatic rings. The van der Waals surface area contributed by atoms with E-state index in [9.17, 15) is 0 Å². The van der Waals surface area contributed by atoms with Crippen molar-refractivity contribution < 1.29 is 0 Å². The average molecular weight is 261 g/mol. The van der Waals surface area contributed by atoms with Gasteiger partial charge in [0.25, 0.3) is 0 Å². The number of aromatic nitrogens is 2. The molecular weight excluding hydrogens is 242 g/mol. The molecule has 0 amide bonds. The third-order valence-corrected chi connectivity index (χ3v) is 3.97. The highest BCUT2D eigenvalue weighted by molar-refractivity contribution is 7.98. The van der Waals surface area contributed by atoms with Crippen molar-refractivity contribution in [3.05, 3.63) is 42.0 Å². The Morgan fingerprint density at radius 2 is 2.17 bits per heavy atom. The number of rotatable bonds is 4. The second-order valence-electron chi connectivity index (χ2n) is 4.72. The zero-order valence-corrected chi connectivity index (χ0v) is 11.9. The van der Waals surface area contributed by atoms with Crippen molar-refractivity contribution in [1.82, 2.24) is 9.55 Å². The molecule has 0 atom stereocenters. The summed E-state index contributed by atoms with van der Waals surface area (Å²) in [7, 11) is 0. The predicted octanol–water partition coefficient (Wildman–Crippen LogP) is 3.65. The van der Waals surface area contributed by atoms with Crippen molar-refractivity contribution in [2.45, 2.75) is 37.5 Å². The molecule has 2 N–H and O–H groups in total. The lowest BCUT2D eigenvalue weighted by atomic mass is 10.2. The van der Waals surface area contributed by atoms with E-state index in [-0.39, 0.29) is 0 Å². The number of aryl methyl sites for hydroxylation is 1. The Bertz CT molecular complexity index is 532. The molecule has 0 bridgehead atoms. The number of benzene rings is 1. The van der Waals surface area contributed by atoms with E-state index in [4.69, 9.17) is 5.73 Å². The molecule has 96 valence electrons. The highest BCUT2D eigenvalue weighted by atomic mass is 32.2. The van der Waals surface area contributed by atoms with Crippen LogP contribution in [0.3, 0.4) is 0 Å². The van der Waals surface area contributed by atoms with Crippen LogP contribution < -0.4 is 5.73 Å². The van der Waals surface area contributed by atoms with Gasteiger partial charge >= 0.3 is 0 Å². The van der Waals surface area contributed by atoms with Crippen molar-refractivity contribution in [2.24, 2.45) is 0 Å². The quantitative estimate of drug-likeness (QED) is 0.675. The zero-order chi connectivity index (χ0) is 13.1. The van der Waals surface area contributed by atoms with Gasteiger partial charge in [-0.3, -0.25) is 0 Å². The maximum atomic E-state index is 6.02. The van der Waals surface area contributed by atoms with E-state index in [0.717, 1.165) is 16.3 Å². The van der Waals surface area contributed by atoms with Crippen LogP contribution in [-0.2, 0) is 5.75 Å². The van der Waals surface area contributed by atoms with Gasteiger partial charge in [0.2, 0.25) is 0 Å². The molecule has 0 aliphatic carbocycles. The van der Waals surface area contributed by atoms with Crippen LogP contribution in [0.2, 0.25) is 0 Å². The largest absolute Gasteiger partial charge is 0.398 e. The van der Waals surface area contributed by atoms with Crippen molar-refractivity contribution in [3.8, 4) is 0 Å². The Labute approximate surface area is 112 Å². The van der Waals surface area contributed by atoms with Gasteiger partial charge in [-0.2, -0.15) is 0 Å². The number of anilines is 1. The molecule has 0 spiro atoms. The van der Waals surface area contributed by atoms with Gasteiger partial charge in [-0.1, -0.05) is 6.07 Å². The maximum absolute atomic E-state index is 6.02. The topological polar surface area (TPSA) is 43.8 Å². The molecule has 18 heavy (non-hydrogen) atoms. The Balaban J connectivity index is 2.09. The minimum absolute atomic E-state index is 0.443. The fourth-order valence-electron chi connectivity index (χ4n) is 1.86. The van der Waals surface area contributed by atoms with Crippen LogP contribution in [0, 0.1) is 6.92 Å². The summed E-state index contributed by atoms with van der Waals surface area (Å²) < 4.78 is 2.19. The molecule has 1 aromatic carbocycles. The summed E-state index contributed by atoms with van der Waals surface area (Å²) in [5, 5.41) is 0. The van der Waals surface area contributed by atoms with Crippen LogP contribution in [0.15, 0.2) is 35.6 Å². The van der Waals surface area contributed by atoms with Crippen LogP contribution in [-0.4, -0.2) is 9.55 Å². The normalized spacial score (nSPS) is 11.1. The Kier molecular flexibility index (Phi) is 3.97. The number of thioether (sulfide) groups is 1. The predicted molar refractivity (Wildman–Crippen MR) is 77.8 cm³/mol. The fraction of sp³-hybridized carbons (Fsp3) is 0.357. The molecule has 4 heteroatoms. The molecule has 0 saturated carbocycles. The summed E-state index contributed by atoms with van der Waals surface area (Å²) in [4.78, 5) is 5.35. The molecule has 0 aliphatic heterocycles. The summed E-state index contributed by atoms with van der Waals surface area (Å²) >= 11 is 1.76. The first-order valence-corrected chi connectivity index (χ1v) is 7.06. The van der Waals surface area contributed by atoms with Crippen LogP contribution in [0.5, 0.6) is 0 Å². The molecule has 0 saturated heterocycles. The van der Waals surface area contributed by atoms with Crippen LogP contribution in [0.1, 0.15) is 31.1 Å². The molecule has 0 fully saturated rings. The van der Waals surface area contributed by atoms with Gasteiger partial charge in [-0.15, -0.1) is 11.8 Å². The van der Waals surface area contributed by atoms with Crippen LogP contribution in [0.4, 0.5) is 5.69 Å². The van der Waals surface area contributed by atoms with Crippen LogP contribution in [0.25, 0.3) is 0 Å². The van der Waals surface area contributed by atoms with E-state index in [1.165, 1.54) is 11.3 Å². The van der Waals surface area contributed by atoms with E-state index in [0.29, 0.717) is 6.04 Å². The third kappa shape index (κ3) is 2.88. The van der Waals surface area contributed by atoms with Crippen LogP contribution >= 0.6 is 11.8 Å². The van der Waals surface area contributed by atoms with E-state index in [1.807, 2.05) is 18.6 Å². The van der Waals surface area contributed by atoms with E-state index in [2.05, 4.69) is 42.5 Å². The van der Waals surface area contributed by atoms with Gasteiger partial charge in [0.05, 0.1) is 6.33 Å². The van der Waals surface area contributed by atoms with E-state index >= 15 is 0 Å². The van der Waals surface area contributed by atoms with Gasteiger partial charge in [-0.25, -0.2) is 4.98 Å². The molecular formula is C14H19N3S. The fourth-order valence-corrected chi connectivity index (χ4v) is 2.78. The first kappa shape index (κ1) is 13.0. The van der Waals surface area contributed by atoms with Crippen molar-refractivity contribution in [3.63, 3.8) is 0 Å². The zero-order valence-electron chi connectivity index (χ0n) is 11.1. The molecule has 2 aromatic rings. The summed E-state index contributed by atoms with van der Waals surface area (Å²) in [5.41, 5.74) is 9.30. The summed E-state index contributed by atoms with van der Waals surface area (Å²) in [6.45, 7) is 6.38. The van der Waals surface area contributed by atoms with Crippen molar-refractivity contribution in [1.29, 1.82) is 0 Å².